The van der Waals surface area contributed by atoms with Gasteiger partial charge in [0, 0.05) is 30.2 Å². The van der Waals surface area contributed by atoms with Gasteiger partial charge in [-0.2, -0.15) is 0 Å². The fraction of sp³-hybridized carbons (Fsp3) is 0.235. The highest BCUT2D eigenvalue weighted by Gasteiger charge is 2.35. The van der Waals surface area contributed by atoms with Crippen LogP contribution < -0.4 is 5.32 Å². The first kappa shape index (κ1) is 17.2. The molecular weight excluding hydrogens is 338 g/mol. The molecule has 1 aliphatic rings. The van der Waals surface area contributed by atoms with Crippen LogP contribution in [0.25, 0.3) is 0 Å². The molecule has 0 spiro atoms. The van der Waals surface area contributed by atoms with Crippen molar-refractivity contribution in [3.8, 4) is 0 Å². The van der Waals surface area contributed by atoms with E-state index in [9.17, 15) is 17.6 Å². The number of anilines is 1. The predicted octanol–water partition coefficient (Wildman–Crippen LogP) is 3.12. The number of aliphatic hydroxyl groups is 1. The summed E-state index contributed by atoms with van der Waals surface area (Å²) in [7, 11) is 0. The molecule has 2 aromatic rings. The molecule has 3 rings (SSSR count). The zero-order valence-corrected chi connectivity index (χ0v) is 12.9. The summed E-state index contributed by atoms with van der Waals surface area (Å²) in [5.74, 6) is -7.11. The summed E-state index contributed by atoms with van der Waals surface area (Å²) in [5.41, 5.74) is -1.30. The maximum Gasteiger partial charge on any atom is 0.185 e. The van der Waals surface area contributed by atoms with Gasteiger partial charge < -0.3 is 15.4 Å². The molecule has 0 saturated heterocycles. The number of hydrogen-bond donors (Lipinski definition) is 3. The van der Waals surface area contributed by atoms with Crippen molar-refractivity contribution in [2.45, 2.75) is 12.0 Å². The summed E-state index contributed by atoms with van der Waals surface area (Å²) in [6.07, 6.45) is 6.20. The molecule has 1 aromatic carbocycles. The summed E-state index contributed by atoms with van der Waals surface area (Å²) in [6.45, 7) is -0.696. The molecule has 0 bridgehead atoms. The van der Waals surface area contributed by atoms with Gasteiger partial charge in [0.15, 0.2) is 23.3 Å². The number of aliphatic imine (C=N–C) groups is 1. The van der Waals surface area contributed by atoms with Gasteiger partial charge in [-0.1, -0.05) is 6.08 Å². The fourth-order valence-electron chi connectivity index (χ4n) is 2.87. The number of aliphatic hydroxyl groups excluding tert-OH is 1. The second-order valence-electron chi connectivity index (χ2n) is 5.47. The van der Waals surface area contributed by atoms with E-state index in [2.05, 4.69) is 15.3 Å². The molecule has 2 unspecified atom stereocenters. The average Bonchev–Trinajstić information content (AvgIpc) is 3.31. The zero-order chi connectivity index (χ0) is 18.0. The van der Waals surface area contributed by atoms with Gasteiger partial charge in [0.05, 0.1) is 18.6 Å². The minimum Gasteiger partial charge on any atom is -0.395 e. The molecule has 0 amide bonds. The topological polar surface area (TPSA) is 60.4 Å². The molecule has 2 heterocycles. The van der Waals surface area contributed by atoms with Crippen LogP contribution in [-0.2, 0) is 0 Å². The molecule has 1 aliphatic heterocycles. The van der Waals surface area contributed by atoms with Crippen molar-refractivity contribution in [2.75, 3.05) is 18.5 Å². The Hall–Kier alpha value is -2.61. The summed E-state index contributed by atoms with van der Waals surface area (Å²) in [4.78, 5) is 6.92. The lowest BCUT2D eigenvalue weighted by Crippen LogP contribution is -2.21. The lowest BCUT2D eigenvalue weighted by molar-refractivity contribution is 0.310. The van der Waals surface area contributed by atoms with Crippen molar-refractivity contribution in [1.29, 1.82) is 0 Å². The third kappa shape index (κ3) is 3.05. The minimum absolute atomic E-state index is 0.248. The Balaban J connectivity index is 2.17. The van der Waals surface area contributed by atoms with Gasteiger partial charge in [0.25, 0.3) is 0 Å². The van der Waals surface area contributed by atoms with E-state index in [1.165, 1.54) is 6.21 Å². The highest BCUT2D eigenvalue weighted by Crippen LogP contribution is 2.38. The summed E-state index contributed by atoms with van der Waals surface area (Å²) in [5, 5.41) is 10.9. The van der Waals surface area contributed by atoms with E-state index in [4.69, 9.17) is 5.11 Å². The average molecular weight is 353 g/mol. The first-order valence-corrected chi connectivity index (χ1v) is 7.60. The summed E-state index contributed by atoms with van der Waals surface area (Å²) in [6, 6.07) is 2.49. The Morgan fingerprint density at radius 2 is 1.88 bits per heavy atom. The molecule has 8 heteroatoms. The maximum atomic E-state index is 14.7. The molecule has 0 fully saturated rings. The van der Waals surface area contributed by atoms with E-state index >= 15 is 0 Å². The number of H-pyrrole nitrogens is 1. The third-order valence-electron chi connectivity index (χ3n) is 3.97. The molecule has 0 saturated carbocycles. The number of aromatic nitrogens is 1. The molecule has 25 heavy (non-hydrogen) atoms. The van der Waals surface area contributed by atoms with Crippen molar-refractivity contribution in [3.63, 3.8) is 0 Å². The molecule has 4 nitrogen and oxygen atoms in total. The molecule has 0 radical (unpaired) electrons. The van der Waals surface area contributed by atoms with E-state index in [-0.39, 0.29) is 6.54 Å². The lowest BCUT2D eigenvalue weighted by Gasteiger charge is -2.23. The second kappa shape index (κ2) is 7.10. The Morgan fingerprint density at radius 3 is 2.40 bits per heavy atom. The van der Waals surface area contributed by atoms with Crippen molar-refractivity contribution in [3.05, 3.63) is 65.0 Å². The normalized spacial score (nSPS) is 17.2. The summed E-state index contributed by atoms with van der Waals surface area (Å²) < 4.78 is 57.9. The van der Waals surface area contributed by atoms with Crippen LogP contribution in [0.15, 0.2) is 35.5 Å². The van der Waals surface area contributed by atoms with Crippen LogP contribution in [0.5, 0.6) is 0 Å². The van der Waals surface area contributed by atoms with Crippen LogP contribution in [0.3, 0.4) is 0 Å². The molecular formula is C17H15F4N3O. The maximum absolute atomic E-state index is 14.7. The van der Waals surface area contributed by atoms with Crippen molar-refractivity contribution in [2.24, 2.45) is 4.99 Å². The molecule has 0 aliphatic carbocycles. The van der Waals surface area contributed by atoms with E-state index in [0.29, 0.717) is 5.69 Å². The first-order valence-electron chi connectivity index (χ1n) is 7.60. The number of nitrogens with one attached hydrogen (secondary N) is 2. The van der Waals surface area contributed by atoms with E-state index < -0.39 is 53.1 Å². The standard InChI is InChI=1S/C17H15F4N3O/c18-13-12(14(19)16(21)17(15(13)20)24-7-8-25)11(9-3-1-5-22-9)10-4-2-6-23-10/h1-6,9,11,23-25H,7-8H2. The van der Waals surface area contributed by atoms with Gasteiger partial charge in [0.2, 0.25) is 0 Å². The van der Waals surface area contributed by atoms with Crippen molar-refractivity contribution in [1.82, 2.24) is 4.98 Å². The van der Waals surface area contributed by atoms with Crippen LogP contribution in [0.2, 0.25) is 0 Å². The van der Waals surface area contributed by atoms with E-state index in [1.807, 2.05) is 0 Å². The Labute approximate surface area is 140 Å². The van der Waals surface area contributed by atoms with Crippen LogP contribution in [-0.4, -0.2) is 35.5 Å². The van der Waals surface area contributed by atoms with Gasteiger partial charge in [0.1, 0.15) is 5.69 Å². The summed E-state index contributed by atoms with van der Waals surface area (Å²) >= 11 is 0. The van der Waals surface area contributed by atoms with Gasteiger partial charge in [-0.05, 0) is 18.2 Å². The quantitative estimate of drug-likeness (QED) is 0.552. The molecule has 1 aromatic heterocycles. The van der Waals surface area contributed by atoms with Crippen molar-refractivity contribution >= 4 is 11.9 Å². The molecule has 3 N–H and O–H groups in total. The zero-order valence-electron chi connectivity index (χ0n) is 12.9. The van der Waals surface area contributed by atoms with Gasteiger partial charge in [-0.3, -0.25) is 4.99 Å². The van der Waals surface area contributed by atoms with Gasteiger partial charge in [-0.25, -0.2) is 17.6 Å². The first-order chi connectivity index (χ1) is 12.1. The minimum atomic E-state index is -1.54. The largest absolute Gasteiger partial charge is 0.395 e. The third-order valence-corrected chi connectivity index (χ3v) is 3.97. The predicted molar refractivity (Wildman–Crippen MR) is 85.9 cm³/mol. The number of aromatic amines is 1. The second-order valence-corrected chi connectivity index (χ2v) is 5.47. The van der Waals surface area contributed by atoms with Gasteiger partial charge >= 0.3 is 0 Å². The van der Waals surface area contributed by atoms with Crippen molar-refractivity contribution < 1.29 is 22.7 Å². The number of benzene rings is 1. The van der Waals surface area contributed by atoms with Crippen LogP contribution >= 0.6 is 0 Å². The van der Waals surface area contributed by atoms with E-state index in [1.54, 1.807) is 30.5 Å². The number of allylic oxidation sites excluding steroid dienone is 1. The SMILES string of the molecule is OCCNc1c(F)c(F)c(C(c2ccc[nH]2)C2C=CC=N2)c(F)c1F. The fourth-order valence-corrected chi connectivity index (χ4v) is 2.87. The highest BCUT2D eigenvalue weighted by molar-refractivity contribution is 5.74. The number of nitrogens with zero attached hydrogens (tertiary/aromatic N) is 1. The van der Waals surface area contributed by atoms with Crippen LogP contribution in [0.1, 0.15) is 17.2 Å². The smallest absolute Gasteiger partial charge is 0.185 e. The highest BCUT2D eigenvalue weighted by atomic mass is 19.2. The van der Waals surface area contributed by atoms with E-state index in [0.717, 1.165) is 0 Å². The Bertz CT molecular complexity index is 777. The number of rotatable bonds is 6. The number of halogens is 4. The van der Waals surface area contributed by atoms with Crippen LogP contribution in [0, 0.1) is 23.3 Å². The van der Waals surface area contributed by atoms with Gasteiger partial charge in [-0.15, -0.1) is 0 Å². The number of hydrogen-bond acceptors (Lipinski definition) is 3. The molecule has 2 atom stereocenters. The molecule has 132 valence electrons. The van der Waals surface area contributed by atoms with Crippen LogP contribution in [0.4, 0.5) is 23.2 Å². The monoisotopic (exact) mass is 353 g/mol. The Morgan fingerprint density at radius 1 is 1.16 bits per heavy atom. The Kier molecular flexibility index (Phi) is 4.89. The lowest BCUT2D eigenvalue weighted by atomic mass is 9.87.